The van der Waals surface area contributed by atoms with Gasteiger partial charge in [-0.15, -0.1) is 0 Å². The summed E-state index contributed by atoms with van der Waals surface area (Å²) in [6.07, 6.45) is -2.70. The van der Waals surface area contributed by atoms with Crippen LogP contribution in [0.3, 0.4) is 0 Å². The fraction of sp³-hybridized carbons (Fsp3) is 0.158. The van der Waals surface area contributed by atoms with Gasteiger partial charge in [-0.25, -0.2) is 4.79 Å². The molecule has 1 aromatic heterocycles. The van der Waals surface area contributed by atoms with Crippen LogP contribution in [0.4, 0.5) is 23.7 Å². The lowest BCUT2D eigenvalue weighted by Gasteiger charge is -2.11. The summed E-state index contributed by atoms with van der Waals surface area (Å²) in [5.74, 6) is 0. The Kier molecular flexibility index (Phi) is 4.79. The molecule has 0 saturated heterocycles. The van der Waals surface area contributed by atoms with Gasteiger partial charge in [0, 0.05) is 29.2 Å². The molecule has 0 aliphatic heterocycles. The lowest BCUT2D eigenvalue weighted by atomic mass is 10.1. The molecule has 0 aliphatic rings. The zero-order valence-electron chi connectivity index (χ0n) is 13.9. The summed E-state index contributed by atoms with van der Waals surface area (Å²) in [5.41, 5.74) is 1.35. The Balaban J connectivity index is 1.66. The van der Waals surface area contributed by atoms with Crippen molar-refractivity contribution in [1.82, 2.24) is 10.3 Å². The van der Waals surface area contributed by atoms with E-state index in [4.69, 9.17) is 0 Å². The summed E-state index contributed by atoms with van der Waals surface area (Å²) < 4.78 is 37.6. The molecule has 2 aromatic carbocycles. The Morgan fingerprint density at radius 2 is 1.77 bits per heavy atom. The molecule has 0 fully saturated rings. The lowest BCUT2D eigenvalue weighted by molar-refractivity contribution is -0.137. The number of anilines is 1. The van der Waals surface area contributed by atoms with Gasteiger partial charge in [0.25, 0.3) is 0 Å². The van der Waals surface area contributed by atoms with E-state index in [9.17, 15) is 18.0 Å². The quantitative estimate of drug-likeness (QED) is 0.700. The third kappa shape index (κ3) is 3.93. The van der Waals surface area contributed by atoms with E-state index in [0.29, 0.717) is 11.3 Å². The molecule has 0 saturated carbocycles. The highest BCUT2D eigenvalue weighted by atomic mass is 19.4. The number of carbonyl (C=O) groups is 1. The summed E-state index contributed by atoms with van der Waals surface area (Å²) in [6, 6.07) is 11.6. The first-order chi connectivity index (χ1) is 12.3. The van der Waals surface area contributed by atoms with Gasteiger partial charge in [-0.2, -0.15) is 13.2 Å². The van der Waals surface area contributed by atoms with Gasteiger partial charge in [0.2, 0.25) is 0 Å². The number of rotatable bonds is 3. The summed E-state index contributed by atoms with van der Waals surface area (Å²) in [5, 5.41) is 7.20. The number of alkyl halides is 3. The van der Waals surface area contributed by atoms with Crippen LogP contribution >= 0.6 is 0 Å². The number of halogens is 3. The number of urea groups is 1. The van der Waals surface area contributed by atoms with Gasteiger partial charge in [-0.1, -0.05) is 24.3 Å². The first-order valence-electron chi connectivity index (χ1n) is 7.90. The highest BCUT2D eigenvalue weighted by Crippen LogP contribution is 2.29. The second kappa shape index (κ2) is 7.03. The van der Waals surface area contributed by atoms with Gasteiger partial charge in [0.1, 0.15) is 0 Å². The third-order valence-corrected chi connectivity index (χ3v) is 3.99. The van der Waals surface area contributed by atoms with Crippen molar-refractivity contribution in [3.05, 3.63) is 71.5 Å². The molecule has 26 heavy (non-hydrogen) atoms. The van der Waals surface area contributed by atoms with Crippen molar-refractivity contribution in [2.45, 2.75) is 19.6 Å². The van der Waals surface area contributed by atoms with Crippen molar-refractivity contribution in [2.75, 3.05) is 5.32 Å². The fourth-order valence-electron chi connectivity index (χ4n) is 2.62. The monoisotopic (exact) mass is 359 g/mol. The van der Waals surface area contributed by atoms with Crippen LogP contribution in [0.15, 0.2) is 54.7 Å². The zero-order valence-corrected chi connectivity index (χ0v) is 13.9. The Hall–Kier alpha value is -3.09. The Morgan fingerprint density at radius 1 is 1.04 bits per heavy atom. The van der Waals surface area contributed by atoms with Crippen LogP contribution in [0, 0.1) is 6.92 Å². The smallest absolute Gasteiger partial charge is 0.334 e. The van der Waals surface area contributed by atoms with E-state index < -0.39 is 17.8 Å². The van der Waals surface area contributed by atoms with Crippen molar-refractivity contribution in [3.8, 4) is 0 Å². The number of hydrogen-bond donors (Lipinski definition) is 2. The highest BCUT2D eigenvalue weighted by molar-refractivity contribution is 6.02. The number of benzene rings is 2. The molecular formula is C19H16F3N3O. The van der Waals surface area contributed by atoms with E-state index in [-0.39, 0.29) is 6.54 Å². The second-order valence-electron chi connectivity index (χ2n) is 5.80. The van der Waals surface area contributed by atoms with Gasteiger partial charge in [0.05, 0.1) is 11.3 Å². The number of pyridine rings is 1. The van der Waals surface area contributed by atoms with Crippen molar-refractivity contribution < 1.29 is 18.0 Å². The minimum Gasteiger partial charge on any atom is -0.334 e. The molecule has 0 radical (unpaired) electrons. The number of aromatic nitrogens is 1. The summed E-state index contributed by atoms with van der Waals surface area (Å²) in [6.45, 7) is 2.01. The van der Waals surface area contributed by atoms with E-state index in [1.807, 2.05) is 25.1 Å². The standard InChI is InChI=1S/C19H16F3N3O/c1-12-15-3-2-4-17(16(15)9-10-23-12)25-18(26)24-11-13-5-7-14(8-6-13)19(20,21)22/h2-10H,11H2,1H3,(H2,24,25,26). The molecule has 1 heterocycles. The first-order valence-corrected chi connectivity index (χ1v) is 7.90. The second-order valence-corrected chi connectivity index (χ2v) is 5.80. The van der Waals surface area contributed by atoms with Gasteiger partial charge >= 0.3 is 12.2 Å². The van der Waals surface area contributed by atoms with Crippen LogP contribution in [0.1, 0.15) is 16.8 Å². The fourth-order valence-corrected chi connectivity index (χ4v) is 2.62. The molecule has 3 rings (SSSR count). The predicted octanol–water partition coefficient (Wildman–Crippen LogP) is 4.88. The van der Waals surface area contributed by atoms with Gasteiger partial charge < -0.3 is 10.6 Å². The van der Waals surface area contributed by atoms with E-state index in [1.54, 1.807) is 12.3 Å². The normalized spacial score (nSPS) is 11.4. The number of fused-ring (bicyclic) bond motifs is 1. The van der Waals surface area contributed by atoms with E-state index in [2.05, 4.69) is 15.6 Å². The topological polar surface area (TPSA) is 54.0 Å². The molecule has 2 N–H and O–H groups in total. The maximum atomic E-state index is 12.5. The minimum absolute atomic E-state index is 0.120. The van der Waals surface area contributed by atoms with Crippen LogP contribution in [0.2, 0.25) is 0 Å². The molecule has 0 atom stereocenters. The minimum atomic E-state index is -4.37. The van der Waals surface area contributed by atoms with Gasteiger partial charge in [-0.05, 0) is 36.8 Å². The van der Waals surface area contributed by atoms with Crippen LogP contribution in [0.5, 0.6) is 0 Å². The SMILES string of the molecule is Cc1nccc2c(NC(=O)NCc3ccc(C(F)(F)F)cc3)cccc12. The average Bonchev–Trinajstić information content (AvgIpc) is 2.60. The summed E-state index contributed by atoms with van der Waals surface area (Å²) in [4.78, 5) is 16.3. The molecule has 2 amide bonds. The third-order valence-electron chi connectivity index (χ3n) is 3.99. The summed E-state index contributed by atoms with van der Waals surface area (Å²) >= 11 is 0. The van der Waals surface area contributed by atoms with Crippen LogP contribution in [-0.4, -0.2) is 11.0 Å². The van der Waals surface area contributed by atoms with Crippen molar-refractivity contribution in [1.29, 1.82) is 0 Å². The molecule has 4 nitrogen and oxygen atoms in total. The number of nitrogens with one attached hydrogen (secondary N) is 2. The molecule has 0 aliphatic carbocycles. The molecule has 0 spiro atoms. The Labute approximate surface area is 148 Å². The zero-order chi connectivity index (χ0) is 18.7. The molecule has 0 bridgehead atoms. The number of hydrogen-bond acceptors (Lipinski definition) is 2. The van der Waals surface area contributed by atoms with Crippen molar-refractivity contribution in [2.24, 2.45) is 0 Å². The lowest BCUT2D eigenvalue weighted by Crippen LogP contribution is -2.28. The number of aryl methyl sites for hydroxylation is 1. The molecule has 0 unspecified atom stereocenters. The molecule has 3 aromatic rings. The molecular weight excluding hydrogens is 343 g/mol. The maximum absolute atomic E-state index is 12.5. The number of amides is 2. The van der Waals surface area contributed by atoms with Gasteiger partial charge in [0.15, 0.2) is 0 Å². The highest BCUT2D eigenvalue weighted by Gasteiger charge is 2.29. The van der Waals surface area contributed by atoms with Crippen LogP contribution < -0.4 is 10.6 Å². The van der Waals surface area contributed by atoms with Crippen molar-refractivity contribution >= 4 is 22.5 Å². The number of nitrogens with zero attached hydrogens (tertiary/aromatic N) is 1. The van der Waals surface area contributed by atoms with E-state index in [1.165, 1.54) is 12.1 Å². The average molecular weight is 359 g/mol. The van der Waals surface area contributed by atoms with Gasteiger partial charge in [-0.3, -0.25) is 4.98 Å². The Bertz CT molecular complexity index is 937. The van der Waals surface area contributed by atoms with Crippen LogP contribution in [-0.2, 0) is 12.7 Å². The first kappa shape index (κ1) is 17.7. The maximum Gasteiger partial charge on any atom is 0.416 e. The van der Waals surface area contributed by atoms with Crippen molar-refractivity contribution in [3.63, 3.8) is 0 Å². The number of carbonyl (C=O) groups excluding carboxylic acids is 1. The predicted molar refractivity (Wildman–Crippen MR) is 93.8 cm³/mol. The van der Waals surface area contributed by atoms with Crippen LogP contribution in [0.25, 0.3) is 10.8 Å². The molecule has 7 heteroatoms. The summed E-state index contributed by atoms with van der Waals surface area (Å²) in [7, 11) is 0. The van der Waals surface area contributed by atoms with E-state index in [0.717, 1.165) is 28.6 Å². The van der Waals surface area contributed by atoms with E-state index >= 15 is 0 Å². The largest absolute Gasteiger partial charge is 0.416 e. The molecule has 134 valence electrons. The Morgan fingerprint density at radius 3 is 2.46 bits per heavy atom.